The van der Waals surface area contributed by atoms with E-state index in [0.717, 1.165) is 25.7 Å². The minimum Gasteiger partial charge on any atom is -0.378 e. The van der Waals surface area contributed by atoms with Crippen LogP contribution in [0.2, 0.25) is 0 Å². The fraction of sp³-hybridized carbons (Fsp3) is 1.00. The van der Waals surface area contributed by atoms with E-state index in [2.05, 4.69) is 19.2 Å². The van der Waals surface area contributed by atoms with Crippen LogP contribution >= 0.6 is 0 Å². The van der Waals surface area contributed by atoms with Crippen LogP contribution in [-0.4, -0.2) is 38.0 Å². The van der Waals surface area contributed by atoms with Gasteiger partial charge >= 0.3 is 0 Å². The van der Waals surface area contributed by atoms with Crippen LogP contribution in [-0.2, 0) is 9.47 Å². The lowest BCUT2D eigenvalue weighted by molar-refractivity contribution is -0.0293. The molecule has 1 N–H and O–H groups in total. The predicted molar refractivity (Wildman–Crippen MR) is 83.0 cm³/mol. The van der Waals surface area contributed by atoms with Crippen molar-refractivity contribution in [3.8, 4) is 0 Å². The quantitative estimate of drug-likeness (QED) is 0.665. The van der Waals surface area contributed by atoms with Crippen molar-refractivity contribution >= 4 is 0 Å². The molecule has 0 radical (unpaired) electrons. The molecule has 1 heterocycles. The van der Waals surface area contributed by atoms with E-state index in [1.165, 1.54) is 51.4 Å². The van der Waals surface area contributed by atoms with Crippen LogP contribution in [0.3, 0.4) is 0 Å². The summed E-state index contributed by atoms with van der Waals surface area (Å²) < 4.78 is 11.4. The maximum absolute atomic E-state index is 5.71. The lowest BCUT2D eigenvalue weighted by Gasteiger charge is -2.37. The Morgan fingerprint density at radius 3 is 2.80 bits per heavy atom. The summed E-state index contributed by atoms with van der Waals surface area (Å²) in [4.78, 5) is 0. The van der Waals surface area contributed by atoms with Crippen LogP contribution in [0, 0.1) is 5.92 Å². The van der Waals surface area contributed by atoms with Crippen molar-refractivity contribution in [2.45, 2.75) is 83.5 Å². The molecule has 1 saturated carbocycles. The van der Waals surface area contributed by atoms with Crippen molar-refractivity contribution in [3.63, 3.8) is 0 Å². The molecule has 2 rings (SSSR count). The Hall–Kier alpha value is -0.120. The highest BCUT2D eigenvalue weighted by Crippen LogP contribution is 2.34. The summed E-state index contributed by atoms with van der Waals surface area (Å²) in [6.45, 7) is 7.26. The molecule has 3 heteroatoms. The van der Waals surface area contributed by atoms with Gasteiger partial charge in [-0.2, -0.15) is 0 Å². The van der Waals surface area contributed by atoms with Gasteiger partial charge in [-0.25, -0.2) is 0 Å². The van der Waals surface area contributed by atoms with E-state index in [0.29, 0.717) is 18.2 Å². The van der Waals surface area contributed by atoms with Gasteiger partial charge in [0, 0.05) is 19.3 Å². The molecule has 2 aliphatic rings. The summed E-state index contributed by atoms with van der Waals surface area (Å²) in [6.07, 6.45) is 11.4. The molecule has 20 heavy (non-hydrogen) atoms. The third-order valence-corrected chi connectivity index (χ3v) is 4.81. The van der Waals surface area contributed by atoms with Gasteiger partial charge in [0.05, 0.1) is 12.2 Å². The first-order chi connectivity index (χ1) is 9.81. The first-order valence-electron chi connectivity index (χ1n) is 8.78. The fourth-order valence-electron chi connectivity index (χ4n) is 3.70. The van der Waals surface area contributed by atoms with Crippen molar-refractivity contribution in [1.82, 2.24) is 5.32 Å². The SMILES string of the molecule is CCNC(CCCC1CCCO1)CC1CC(OCC)C1. The summed E-state index contributed by atoms with van der Waals surface area (Å²) in [7, 11) is 0. The maximum atomic E-state index is 5.71. The highest BCUT2D eigenvalue weighted by molar-refractivity contribution is 4.84. The number of rotatable bonds is 10. The van der Waals surface area contributed by atoms with Crippen LogP contribution in [0.25, 0.3) is 0 Å². The zero-order valence-corrected chi connectivity index (χ0v) is 13.4. The van der Waals surface area contributed by atoms with E-state index in [-0.39, 0.29) is 0 Å². The van der Waals surface area contributed by atoms with Gasteiger partial charge in [0.25, 0.3) is 0 Å². The van der Waals surface area contributed by atoms with Crippen molar-refractivity contribution in [3.05, 3.63) is 0 Å². The van der Waals surface area contributed by atoms with Gasteiger partial charge in [-0.05, 0) is 70.8 Å². The van der Waals surface area contributed by atoms with Gasteiger partial charge in [-0.1, -0.05) is 6.92 Å². The fourth-order valence-corrected chi connectivity index (χ4v) is 3.70. The lowest BCUT2D eigenvalue weighted by atomic mass is 9.77. The first-order valence-corrected chi connectivity index (χ1v) is 8.78. The van der Waals surface area contributed by atoms with Gasteiger partial charge in [0.15, 0.2) is 0 Å². The zero-order chi connectivity index (χ0) is 14.2. The monoisotopic (exact) mass is 283 g/mol. The molecule has 2 fully saturated rings. The highest BCUT2D eigenvalue weighted by Gasteiger charge is 2.31. The molecule has 1 saturated heterocycles. The van der Waals surface area contributed by atoms with Gasteiger partial charge in [-0.15, -0.1) is 0 Å². The Morgan fingerprint density at radius 2 is 2.15 bits per heavy atom. The molecule has 0 spiro atoms. The molecule has 1 aliphatic heterocycles. The first kappa shape index (κ1) is 16.3. The van der Waals surface area contributed by atoms with Crippen LogP contribution in [0.1, 0.15) is 65.2 Å². The van der Waals surface area contributed by atoms with E-state index < -0.39 is 0 Å². The van der Waals surface area contributed by atoms with Crippen LogP contribution in [0.15, 0.2) is 0 Å². The van der Waals surface area contributed by atoms with Crippen molar-refractivity contribution < 1.29 is 9.47 Å². The molecule has 0 amide bonds. The average Bonchev–Trinajstić information content (AvgIpc) is 2.89. The molecule has 2 atom stereocenters. The summed E-state index contributed by atoms with van der Waals surface area (Å²) in [5.41, 5.74) is 0. The van der Waals surface area contributed by atoms with Crippen LogP contribution in [0.5, 0.6) is 0 Å². The Morgan fingerprint density at radius 1 is 1.30 bits per heavy atom. The van der Waals surface area contributed by atoms with Crippen LogP contribution in [0.4, 0.5) is 0 Å². The summed E-state index contributed by atoms with van der Waals surface area (Å²) in [5.74, 6) is 0.887. The largest absolute Gasteiger partial charge is 0.378 e. The molecular formula is C17H33NO2. The smallest absolute Gasteiger partial charge is 0.0580 e. The van der Waals surface area contributed by atoms with Gasteiger partial charge < -0.3 is 14.8 Å². The Bertz CT molecular complexity index is 247. The van der Waals surface area contributed by atoms with Gasteiger partial charge in [0.1, 0.15) is 0 Å². The molecule has 0 aromatic heterocycles. The van der Waals surface area contributed by atoms with Crippen molar-refractivity contribution in [1.29, 1.82) is 0 Å². The number of hydrogen-bond donors (Lipinski definition) is 1. The molecule has 2 unspecified atom stereocenters. The lowest BCUT2D eigenvalue weighted by Crippen LogP contribution is -2.38. The highest BCUT2D eigenvalue weighted by atomic mass is 16.5. The second-order valence-corrected chi connectivity index (χ2v) is 6.47. The molecule has 0 aromatic carbocycles. The normalized spacial score (nSPS) is 31.2. The predicted octanol–water partition coefficient (Wildman–Crippen LogP) is 3.52. The molecule has 3 nitrogen and oxygen atoms in total. The van der Waals surface area contributed by atoms with Gasteiger partial charge in [-0.3, -0.25) is 0 Å². The molecule has 1 aliphatic carbocycles. The van der Waals surface area contributed by atoms with E-state index in [9.17, 15) is 0 Å². The van der Waals surface area contributed by atoms with Crippen molar-refractivity contribution in [2.75, 3.05) is 19.8 Å². The number of nitrogens with one attached hydrogen (secondary N) is 1. The van der Waals surface area contributed by atoms with E-state index in [1.54, 1.807) is 0 Å². The standard InChI is InChI=1S/C17H33NO2/c1-3-18-15(7-5-8-16-9-6-10-20-16)11-14-12-17(13-14)19-4-2/h14-18H,3-13H2,1-2H3. The Kier molecular flexibility index (Phi) is 7.32. The summed E-state index contributed by atoms with van der Waals surface area (Å²) in [6, 6.07) is 0.703. The number of ether oxygens (including phenoxy) is 2. The van der Waals surface area contributed by atoms with Crippen molar-refractivity contribution in [2.24, 2.45) is 5.92 Å². The molecule has 0 aromatic rings. The zero-order valence-electron chi connectivity index (χ0n) is 13.4. The number of hydrogen-bond acceptors (Lipinski definition) is 3. The van der Waals surface area contributed by atoms with Crippen LogP contribution < -0.4 is 5.32 Å². The molecule has 0 bridgehead atoms. The van der Waals surface area contributed by atoms with E-state index >= 15 is 0 Å². The minimum atomic E-state index is 0.555. The Labute approximate surface area is 124 Å². The van der Waals surface area contributed by atoms with E-state index in [4.69, 9.17) is 9.47 Å². The second-order valence-electron chi connectivity index (χ2n) is 6.47. The van der Waals surface area contributed by atoms with Gasteiger partial charge in [0.2, 0.25) is 0 Å². The summed E-state index contributed by atoms with van der Waals surface area (Å²) in [5, 5.41) is 3.67. The third-order valence-electron chi connectivity index (χ3n) is 4.81. The second kappa shape index (κ2) is 9.01. The maximum Gasteiger partial charge on any atom is 0.0580 e. The summed E-state index contributed by atoms with van der Waals surface area (Å²) >= 11 is 0. The topological polar surface area (TPSA) is 30.5 Å². The van der Waals surface area contributed by atoms with E-state index in [1.807, 2.05) is 0 Å². The third kappa shape index (κ3) is 5.34. The molecular weight excluding hydrogens is 250 g/mol. The Balaban J connectivity index is 1.57. The molecule has 118 valence electrons. The average molecular weight is 283 g/mol. The minimum absolute atomic E-state index is 0.555.